The lowest BCUT2D eigenvalue weighted by Gasteiger charge is -2.27. The average Bonchev–Trinajstić information content (AvgIpc) is 2.44. The molecule has 1 fully saturated rings. The van der Waals surface area contributed by atoms with Crippen molar-refractivity contribution in [1.29, 1.82) is 0 Å². The molecule has 1 aromatic carbocycles. The van der Waals surface area contributed by atoms with Crippen LogP contribution in [0.25, 0.3) is 0 Å². The van der Waals surface area contributed by atoms with Crippen LogP contribution in [0.2, 0.25) is 0 Å². The van der Waals surface area contributed by atoms with Gasteiger partial charge in [-0.2, -0.15) is 0 Å². The van der Waals surface area contributed by atoms with Crippen LogP contribution in [0.3, 0.4) is 0 Å². The van der Waals surface area contributed by atoms with Gasteiger partial charge in [0.05, 0.1) is 11.0 Å². The van der Waals surface area contributed by atoms with Crippen molar-refractivity contribution in [3.8, 4) is 0 Å². The fourth-order valence-electron chi connectivity index (χ4n) is 2.91. The molecule has 0 aliphatic heterocycles. The van der Waals surface area contributed by atoms with Crippen LogP contribution in [-0.2, 0) is 9.84 Å². The predicted octanol–water partition coefficient (Wildman–Crippen LogP) is 2.29. The summed E-state index contributed by atoms with van der Waals surface area (Å²) in [5.41, 5.74) is 1.08. The molecule has 0 radical (unpaired) electrons. The number of hydrogen-bond donors (Lipinski definition) is 2. The lowest BCUT2D eigenvalue weighted by molar-refractivity contribution is 0.0998. The van der Waals surface area contributed by atoms with Crippen LogP contribution >= 0.6 is 0 Å². The average molecular weight is 311 g/mol. The third-order valence-electron chi connectivity index (χ3n) is 4.28. The van der Waals surface area contributed by atoms with Crippen LogP contribution in [0.4, 0.5) is 0 Å². The third-order valence-corrected chi connectivity index (χ3v) is 5.40. The van der Waals surface area contributed by atoms with Crippen molar-refractivity contribution in [2.24, 2.45) is 5.92 Å². The molecule has 1 aliphatic rings. The Kier molecular flexibility index (Phi) is 5.41. The predicted molar refractivity (Wildman–Crippen MR) is 83.9 cm³/mol. The number of rotatable bonds is 5. The second-order valence-corrected chi connectivity index (χ2v) is 8.17. The maximum absolute atomic E-state index is 11.4. The van der Waals surface area contributed by atoms with Gasteiger partial charge in [0.1, 0.15) is 0 Å². The summed E-state index contributed by atoms with van der Waals surface area (Å²) in [6.45, 7) is 2.97. The van der Waals surface area contributed by atoms with Gasteiger partial charge in [0.25, 0.3) is 0 Å². The highest BCUT2D eigenvalue weighted by Crippen LogP contribution is 2.24. The van der Waals surface area contributed by atoms with Crippen molar-refractivity contribution >= 4 is 9.84 Å². The van der Waals surface area contributed by atoms with Gasteiger partial charge in [-0.3, -0.25) is 0 Å². The van der Waals surface area contributed by atoms with Gasteiger partial charge in [-0.25, -0.2) is 8.42 Å². The summed E-state index contributed by atoms with van der Waals surface area (Å²) in [5.74, 6) is 0.534. The molecule has 0 bridgehead atoms. The van der Waals surface area contributed by atoms with Crippen molar-refractivity contribution in [3.05, 3.63) is 29.8 Å². The molecule has 4 nitrogen and oxygen atoms in total. The highest BCUT2D eigenvalue weighted by atomic mass is 32.2. The minimum atomic E-state index is -3.13. The molecular formula is C16H25NO3S. The summed E-state index contributed by atoms with van der Waals surface area (Å²) >= 11 is 0. The van der Waals surface area contributed by atoms with Crippen LogP contribution in [0.15, 0.2) is 29.2 Å². The summed E-state index contributed by atoms with van der Waals surface area (Å²) in [7, 11) is -3.13. The SMILES string of the molecule is CC(NCC1CCCC(O)C1)c1ccc(S(C)(=O)=O)cc1. The number of sulfone groups is 1. The Hall–Kier alpha value is -0.910. The van der Waals surface area contributed by atoms with Crippen molar-refractivity contribution in [3.63, 3.8) is 0 Å². The fourth-order valence-corrected chi connectivity index (χ4v) is 3.54. The number of aliphatic hydroxyl groups is 1. The summed E-state index contributed by atoms with van der Waals surface area (Å²) in [6.07, 6.45) is 5.16. The van der Waals surface area contributed by atoms with Gasteiger partial charge in [0, 0.05) is 12.3 Å². The smallest absolute Gasteiger partial charge is 0.175 e. The van der Waals surface area contributed by atoms with Gasteiger partial charge in [-0.15, -0.1) is 0 Å². The molecule has 3 atom stereocenters. The summed E-state index contributed by atoms with van der Waals surface area (Å²) in [6, 6.07) is 7.23. The molecule has 5 heteroatoms. The second-order valence-electron chi connectivity index (χ2n) is 6.16. The Morgan fingerprint density at radius 2 is 1.95 bits per heavy atom. The van der Waals surface area contributed by atoms with Crippen molar-refractivity contribution in [2.45, 2.75) is 49.6 Å². The van der Waals surface area contributed by atoms with Crippen LogP contribution in [-0.4, -0.2) is 32.4 Å². The van der Waals surface area contributed by atoms with E-state index in [1.807, 2.05) is 12.1 Å². The molecule has 0 heterocycles. The molecule has 21 heavy (non-hydrogen) atoms. The molecule has 118 valence electrons. The summed E-state index contributed by atoms with van der Waals surface area (Å²) < 4.78 is 22.9. The van der Waals surface area contributed by atoms with E-state index in [4.69, 9.17) is 0 Å². The zero-order chi connectivity index (χ0) is 15.5. The lowest BCUT2D eigenvalue weighted by atomic mass is 9.87. The van der Waals surface area contributed by atoms with E-state index in [9.17, 15) is 13.5 Å². The highest BCUT2D eigenvalue weighted by molar-refractivity contribution is 7.90. The minimum Gasteiger partial charge on any atom is -0.393 e. The van der Waals surface area contributed by atoms with Crippen LogP contribution in [0.1, 0.15) is 44.2 Å². The molecule has 0 aromatic heterocycles. The molecule has 0 amide bonds. The number of aliphatic hydroxyl groups excluding tert-OH is 1. The maximum Gasteiger partial charge on any atom is 0.175 e. The van der Waals surface area contributed by atoms with Gasteiger partial charge in [-0.1, -0.05) is 18.6 Å². The zero-order valence-corrected chi connectivity index (χ0v) is 13.6. The Balaban J connectivity index is 1.89. The van der Waals surface area contributed by atoms with Crippen molar-refractivity contribution in [2.75, 3.05) is 12.8 Å². The molecule has 1 aliphatic carbocycles. The first kappa shape index (κ1) is 16.5. The minimum absolute atomic E-state index is 0.144. The Morgan fingerprint density at radius 3 is 2.52 bits per heavy atom. The van der Waals surface area contributed by atoms with Crippen LogP contribution < -0.4 is 5.32 Å². The van der Waals surface area contributed by atoms with E-state index in [0.717, 1.165) is 31.4 Å². The quantitative estimate of drug-likeness (QED) is 0.875. The molecule has 0 spiro atoms. The maximum atomic E-state index is 11.4. The molecule has 2 N–H and O–H groups in total. The largest absolute Gasteiger partial charge is 0.393 e. The summed E-state index contributed by atoms with van der Waals surface area (Å²) in [5, 5.41) is 13.2. The molecular weight excluding hydrogens is 286 g/mol. The monoisotopic (exact) mass is 311 g/mol. The molecule has 1 saturated carbocycles. The fraction of sp³-hybridized carbons (Fsp3) is 0.625. The van der Waals surface area contributed by atoms with Crippen LogP contribution in [0, 0.1) is 5.92 Å². The number of benzene rings is 1. The van der Waals surface area contributed by atoms with E-state index in [0.29, 0.717) is 10.8 Å². The number of hydrogen-bond acceptors (Lipinski definition) is 4. The summed E-state index contributed by atoms with van der Waals surface area (Å²) in [4.78, 5) is 0.355. The van der Waals surface area contributed by atoms with E-state index >= 15 is 0 Å². The van der Waals surface area contributed by atoms with Crippen molar-refractivity contribution in [1.82, 2.24) is 5.32 Å². The zero-order valence-electron chi connectivity index (χ0n) is 12.7. The first-order valence-corrected chi connectivity index (χ1v) is 9.47. The third kappa shape index (κ3) is 4.80. The van der Waals surface area contributed by atoms with Gasteiger partial charge >= 0.3 is 0 Å². The Morgan fingerprint density at radius 1 is 1.29 bits per heavy atom. The first-order valence-electron chi connectivity index (χ1n) is 7.57. The molecule has 1 aromatic rings. The van der Waals surface area contributed by atoms with E-state index in [-0.39, 0.29) is 12.1 Å². The second kappa shape index (κ2) is 6.90. The number of nitrogens with one attached hydrogen (secondary N) is 1. The first-order chi connectivity index (χ1) is 9.86. The molecule has 0 saturated heterocycles. The van der Waals surface area contributed by atoms with Gasteiger partial charge in [0.2, 0.25) is 0 Å². The molecule has 3 unspecified atom stereocenters. The van der Waals surface area contributed by atoms with Gasteiger partial charge in [0.15, 0.2) is 9.84 Å². The lowest BCUT2D eigenvalue weighted by Crippen LogP contribution is -2.30. The van der Waals surface area contributed by atoms with E-state index < -0.39 is 9.84 Å². The van der Waals surface area contributed by atoms with Gasteiger partial charge in [-0.05, 0) is 56.3 Å². The highest BCUT2D eigenvalue weighted by Gasteiger charge is 2.20. The normalized spacial score (nSPS) is 24.7. The van der Waals surface area contributed by atoms with Gasteiger partial charge < -0.3 is 10.4 Å². The van der Waals surface area contributed by atoms with E-state index in [2.05, 4.69) is 12.2 Å². The van der Waals surface area contributed by atoms with Crippen LogP contribution in [0.5, 0.6) is 0 Å². The van der Waals surface area contributed by atoms with E-state index in [1.54, 1.807) is 12.1 Å². The van der Waals surface area contributed by atoms with E-state index in [1.165, 1.54) is 12.7 Å². The van der Waals surface area contributed by atoms with Crippen molar-refractivity contribution < 1.29 is 13.5 Å². The topological polar surface area (TPSA) is 66.4 Å². The Labute approximate surface area is 127 Å². The standard InChI is InChI=1S/C16H25NO3S/c1-12(17-11-13-4-3-5-15(18)10-13)14-6-8-16(9-7-14)21(2,19)20/h6-9,12-13,15,17-18H,3-5,10-11H2,1-2H3. The molecule has 2 rings (SSSR count). The Bertz CT molecular complexity index is 553.